The number of fused-ring (bicyclic) bond motifs is 1. The second-order valence-electron chi connectivity index (χ2n) is 5.13. The lowest BCUT2D eigenvalue weighted by Gasteiger charge is -2.19. The van der Waals surface area contributed by atoms with E-state index in [0.717, 1.165) is 0 Å². The number of ether oxygens (including phenoxy) is 1. The Labute approximate surface area is 145 Å². The van der Waals surface area contributed by atoms with Crippen LogP contribution in [0.5, 0.6) is 0 Å². The maximum atomic E-state index is 12.9. The average Bonchev–Trinajstić information content (AvgIpc) is 2.94. The molecule has 0 aliphatic carbocycles. The highest BCUT2D eigenvalue weighted by atomic mass is 35.5. The number of nitrogens with zero attached hydrogens (tertiary/aromatic N) is 2. The van der Waals surface area contributed by atoms with E-state index in [1.807, 2.05) is 6.07 Å². The van der Waals surface area contributed by atoms with Crippen molar-refractivity contribution in [3.8, 4) is 6.07 Å². The SMILES string of the molecule is N#Cc1c(Cl)n(C2O[C@H](CF)[C@@H](O)[C@H]2O)c2cc(Cl)c(Cl)cc12. The summed E-state index contributed by atoms with van der Waals surface area (Å²) in [5.74, 6) is 0. The Hall–Kier alpha value is -1.07. The summed E-state index contributed by atoms with van der Waals surface area (Å²) >= 11 is 18.2. The van der Waals surface area contributed by atoms with E-state index >= 15 is 0 Å². The zero-order valence-corrected chi connectivity index (χ0v) is 13.6. The zero-order chi connectivity index (χ0) is 16.9. The predicted molar refractivity (Wildman–Crippen MR) is 83.6 cm³/mol. The third kappa shape index (κ3) is 2.49. The summed E-state index contributed by atoms with van der Waals surface area (Å²) < 4.78 is 19.5. The monoisotopic (exact) mass is 378 g/mol. The van der Waals surface area contributed by atoms with Crippen molar-refractivity contribution in [2.45, 2.75) is 24.5 Å². The molecule has 2 N–H and O–H groups in total. The minimum atomic E-state index is -1.41. The van der Waals surface area contributed by atoms with Crippen molar-refractivity contribution in [2.75, 3.05) is 6.67 Å². The van der Waals surface area contributed by atoms with Crippen LogP contribution in [0.15, 0.2) is 12.1 Å². The van der Waals surface area contributed by atoms with E-state index in [0.29, 0.717) is 10.9 Å². The molecule has 1 fully saturated rings. The first kappa shape index (κ1) is 16.8. The van der Waals surface area contributed by atoms with Gasteiger partial charge in [0.2, 0.25) is 0 Å². The van der Waals surface area contributed by atoms with E-state index in [1.54, 1.807) is 0 Å². The fourth-order valence-electron chi connectivity index (χ4n) is 2.70. The van der Waals surface area contributed by atoms with Crippen molar-refractivity contribution in [3.63, 3.8) is 0 Å². The molecule has 0 saturated carbocycles. The highest BCUT2D eigenvalue weighted by Crippen LogP contribution is 2.41. The van der Waals surface area contributed by atoms with Crippen molar-refractivity contribution in [1.82, 2.24) is 4.57 Å². The molecular weight excluding hydrogens is 370 g/mol. The summed E-state index contributed by atoms with van der Waals surface area (Å²) in [6, 6.07) is 4.90. The van der Waals surface area contributed by atoms with Gasteiger partial charge >= 0.3 is 0 Å². The summed E-state index contributed by atoms with van der Waals surface area (Å²) in [4.78, 5) is 0. The minimum Gasteiger partial charge on any atom is -0.387 e. The topological polar surface area (TPSA) is 78.4 Å². The lowest BCUT2D eigenvalue weighted by atomic mass is 10.1. The Bertz CT molecular complexity index is 820. The first-order valence-electron chi connectivity index (χ1n) is 6.56. The van der Waals surface area contributed by atoms with Crippen molar-refractivity contribution in [2.24, 2.45) is 0 Å². The highest BCUT2D eigenvalue weighted by Gasteiger charge is 2.45. The molecule has 0 amide bonds. The van der Waals surface area contributed by atoms with Gasteiger partial charge in [0.25, 0.3) is 0 Å². The van der Waals surface area contributed by atoms with Crippen LogP contribution < -0.4 is 0 Å². The molecule has 23 heavy (non-hydrogen) atoms. The van der Waals surface area contributed by atoms with Crippen LogP contribution in [0.1, 0.15) is 11.8 Å². The molecule has 5 nitrogen and oxygen atoms in total. The van der Waals surface area contributed by atoms with Gasteiger partial charge in [0.05, 0.1) is 21.1 Å². The molecule has 1 aliphatic rings. The number of aliphatic hydroxyl groups is 2. The lowest BCUT2D eigenvalue weighted by molar-refractivity contribution is -0.0402. The molecule has 122 valence electrons. The number of hydrogen-bond acceptors (Lipinski definition) is 4. The molecule has 4 atom stereocenters. The van der Waals surface area contributed by atoms with Crippen molar-refractivity contribution >= 4 is 45.7 Å². The standard InChI is InChI=1S/C14H10Cl3FN2O3/c15-7-1-5-6(4-19)13(17)20(9(5)2-8(7)16)14-12(22)11(21)10(3-18)23-14/h1-2,10-12,14,21-22H,3H2/t10-,11-,12-,14?/m1/s1. The fourth-order valence-corrected chi connectivity index (χ4v) is 3.35. The molecule has 2 aromatic rings. The van der Waals surface area contributed by atoms with Crippen LogP contribution in [0.3, 0.4) is 0 Å². The summed E-state index contributed by atoms with van der Waals surface area (Å²) in [6.45, 7) is -0.969. The summed E-state index contributed by atoms with van der Waals surface area (Å²) in [5.41, 5.74) is 0.505. The Morgan fingerprint density at radius 2 is 1.87 bits per heavy atom. The number of halogens is 4. The van der Waals surface area contributed by atoms with Gasteiger partial charge in [0, 0.05) is 5.39 Å². The quantitative estimate of drug-likeness (QED) is 0.840. The predicted octanol–water partition coefficient (Wildman–Crippen LogP) is 3.06. The Morgan fingerprint density at radius 3 is 2.43 bits per heavy atom. The van der Waals surface area contributed by atoms with Gasteiger partial charge in [0.15, 0.2) is 6.23 Å². The first-order chi connectivity index (χ1) is 10.9. The number of aliphatic hydroxyl groups excluding tert-OH is 2. The molecule has 1 aromatic heterocycles. The molecule has 3 rings (SSSR count). The van der Waals surface area contributed by atoms with Gasteiger partial charge in [-0.1, -0.05) is 34.8 Å². The number of hydrogen-bond donors (Lipinski definition) is 2. The average molecular weight is 380 g/mol. The molecule has 2 heterocycles. The largest absolute Gasteiger partial charge is 0.387 e. The minimum absolute atomic E-state index is 0.0170. The molecule has 0 spiro atoms. The van der Waals surface area contributed by atoms with Gasteiger partial charge in [-0.05, 0) is 12.1 Å². The molecule has 9 heteroatoms. The van der Waals surface area contributed by atoms with Crippen LogP contribution in [-0.4, -0.2) is 39.8 Å². The third-order valence-electron chi connectivity index (χ3n) is 3.84. The number of aromatic nitrogens is 1. The van der Waals surface area contributed by atoms with E-state index in [-0.39, 0.29) is 20.8 Å². The van der Waals surface area contributed by atoms with Crippen molar-refractivity contribution < 1.29 is 19.3 Å². The summed E-state index contributed by atoms with van der Waals surface area (Å²) in [5, 5.41) is 30.1. The second-order valence-corrected chi connectivity index (χ2v) is 6.30. The first-order valence-corrected chi connectivity index (χ1v) is 7.70. The van der Waals surface area contributed by atoms with Gasteiger partial charge in [-0.25, -0.2) is 4.39 Å². The van der Waals surface area contributed by atoms with Gasteiger partial charge < -0.3 is 19.5 Å². The maximum Gasteiger partial charge on any atom is 0.164 e. The van der Waals surface area contributed by atoms with E-state index in [2.05, 4.69) is 0 Å². The summed E-state index contributed by atoms with van der Waals surface area (Å²) in [6.07, 6.45) is -5.16. The number of rotatable bonds is 2. The van der Waals surface area contributed by atoms with Crippen molar-refractivity contribution in [1.29, 1.82) is 5.26 Å². The van der Waals surface area contributed by atoms with E-state index in [4.69, 9.17) is 39.5 Å². The van der Waals surface area contributed by atoms with Gasteiger partial charge in [-0.3, -0.25) is 0 Å². The third-order valence-corrected chi connectivity index (χ3v) is 4.93. The summed E-state index contributed by atoms with van der Waals surface area (Å²) in [7, 11) is 0. The Balaban J connectivity index is 2.24. The van der Waals surface area contributed by atoms with E-state index < -0.39 is 31.2 Å². The maximum absolute atomic E-state index is 12.9. The van der Waals surface area contributed by atoms with Crippen LogP contribution in [0.2, 0.25) is 15.2 Å². The number of alkyl halides is 1. The van der Waals surface area contributed by atoms with Crippen LogP contribution in [0, 0.1) is 11.3 Å². The smallest absolute Gasteiger partial charge is 0.164 e. The van der Waals surface area contributed by atoms with Gasteiger partial charge in [-0.2, -0.15) is 5.26 Å². The van der Waals surface area contributed by atoms with Gasteiger partial charge in [0.1, 0.15) is 36.2 Å². The molecule has 1 aliphatic heterocycles. The number of nitriles is 1. The molecule has 1 unspecified atom stereocenters. The van der Waals surface area contributed by atoms with Crippen LogP contribution in [0.4, 0.5) is 4.39 Å². The Morgan fingerprint density at radius 1 is 1.22 bits per heavy atom. The molecule has 1 saturated heterocycles. The van der Waals surface area contributed by atoms with Gasteiger partial charge in [-0.15, -0.1) is 0 Å². The fraction of sp³-hybridized carbons (Fsp3) is 0.357. The molecular formula is C14H10Cl3FN2O3. The van der Waals surface area contributed by atoms with Crippen LogP contribution in [0.25, 0.3) is 10.9 Å². The van der Waals surface area contributed by atoms with E-state index in [9.17, 15) is 19.9 Å². The highest BCUT2D eigenvalue weighted by molar-refractivity contribution is 6.43. The Kier molecular flexibility index (Phi) is 4.45. The lowest BCUT2D eigenvalue weighted by Crippen LogP contribution is -2.32. The second kappa shape index (κ2) is 6.10. The molecule has 0 bridgehead atoms. The molecule has 1 aromatic carbocycles. The van der Waals surface area contributed by atoms with Crippen LogP contribution in [-0.2, 0) is 4.74 Å². The molecule has 0 radical (unpaired) electrons. The number of benzene rings is 1. The van der Waals surface area contributed by atoms with Crippen LogP contribution >= 0.6 is 34.8 Å². The normalized spacial score (nSPS) is 27.5. The van der Waals surface area contributed by atoms with E-state index in [1.165, 1.54) is 16.7 Å². The van der Waals surface area contributed by atoms with Crippen molar-refractivity contribution in [3.05, 3.63) is 32.9 Å². The zero-order valence-electron chi connectivity index (χ0n) is 11.4.